The molecule has 0 spiro atoms. The van der Waals surface area contributed by atoms with Crippen LogP contribution in [-0.2, 0) is 6.42 Å². The molecule has 0 heterocycles. The maximum Gasteiger partial charge on any atom is 0.0195 e. The Balaban J connectivity index is 2.05. The predicted molar refractivity (Wildman–Crippen MR) is 63.6 cm³/mol. The average Bonchev–Trinajstić information content (AvgIpc) is 2.06. The van der Waals surface area contributed by atoms with Crippen molar-refractivity contribution in [2.45, 2.75) is 31.2 Å². The van der Waals surface area contributed by atoms with Crippen LogP contribution in [0, 0.1) is 3.57 Å². The van der Waals surface area contributed by atoms with Gasteiger partial charge in [0.2, 0.25) is 0 Å². The summed E-state index contributed by atoms with van der Waals surface area (Å²) in [7, 11) is 0. The lowest BCUT2D eigenvalue weighted by Gasteiger charge is -2.38. The second-order valence-electron chi connectivity index (χ2n) is 4.02. The van der Waals surface area contributed by atoms with Crippen molar-refractivity contribution in [2.24, 2.45) is 5.73 Å². The van der Waals surface area contributed by atoms with Gasteiger partial charge in [0.25, 0.3) is 0 Å². The smallest absolute Gasteiger partial charge is 0.0195 e. The molecule has 1 aliphatic carbocycles. The SMILES string of the molecule is NC1(Cc2ccc(I)cc2)CCC1. The van der Waals surface area contributed by atoms with E-state index in [4.69, 9.17) is 5.73 Å². The molecule has 0 amide bonds. The molecule has 0 atom stereocenters. The summed E-state index contributed by atoms with van der Waals surface area (Å²) < 4.78 is 1.29. The molecular weight excluding hydrogens is 273 g/mol. The Labute approximate surface area is 92.9 Å². The van der Waals surface area contributed by atoms with Crippen LogP contribution in [0.15, 0.2) is 24.3 Å². The molecule has 0 aliphatic heterocycles. The van der Waals surface area contributed by atoms with Gasteiger partial charge < -0.3 is 5.73 Å². The van der Waals surface area contributed by atoms with Gasteiger partial charge >= 0.3 is 0 Å². The van der Waals surface area contributed by atoms with E-state index in [0.717, 1.165) is 6.42 Å². The lowest BCUT2D eigenvalue weighted by molar-refractivity contribution is 0.247. The largest absolute Gasteiger partial charge is 0.325 e. The van der Waals surface area contributed by atoms with Crippen molar-refractivity contribution in [2.75, 3.05) is 0 Å². The molecule has 0 radical (unpaired) electrons. The second kappa shape index (κ2) is 3.58. The molecule has 1 saturated carbocycles. The van der Waals surface area contributed by atoms with Crippen LogP contribution >= 0.6 is 22.6 Å². The first-order valence-corrected chi connectivity index (χ1v) is 5.79. The van der Waals surface area contributed by atoms with Crippen LogP contribution < -0.4 is 5.73 Å². The zero-order valence-electron chi connectivity index (χ0n) is 7.59. The Kier molecular flexibility index (Phi) is 2.60. The van der Waals surface area contributed by atoms with Crippen LogP contribution in [0.4, 0.5) is 0 Å². The van der Waals surface area contributed by atoms with Crippen LogP contribution in [0.25, 0.3) is 0 Å². The quantitative estimate of drug-likeness (QED) is 0.832. The number of nitrogens with two attached hydrogens (primary N) is 1. The molecule has 2 heteroatoms. The van der Waals surface area contributed by atoms with Gasteiger partial charge in [-0.1, -0.05) is 12.1 Å². The molecule has 0 saturated heterocycles. The average molecular weight is 287 g/mol. The van der Waals surface area contributed by atoms with Crippen molar-refractivity contribution in [3.05, 3.63) is 33.4 Å². The monoisotopic (exact) mass is 287 g/mol. The van der Waals surface area contributed by atoms with E-state index in [1.54, 1.807) is 0 Å². The van der Waals surface area contributed by atoms with Gasteiger partial charge in [-0.2, -0.15) is 0 Å². The summed E-state index contributed by atoms with van der Waals surface area (Å²) in [6, 6.07) is 8.68. The Bertz CT molecular complexity index is 287. The molecule has 0 unspecified atom stereocenters. The minimum atomic E-state index is 0.118. The standard InChI is InChI=1S/C11H14IN/c12-10-4-2-9(3-5-10)8-11(13)6-1-7-11/h2-5H,1,6-8,13H2. The predicted octanol–water partition coefficient (Wildman–Crippen LogP) is 2.72. The first-order valence-electron chi connectivity index (χ1n) is 4.71. The summed E-state index contributed by atoms with van der Waals surface area (Å²) in [5.41, 5.74) is 7.67. The minimum absolute atomic E-state index is 0.118. The lowest BCUT2D eigenvalue weighted by atomic mass is 9.74. The molecule has 70 valence electrons. The summed E-state index contributed by atoms with van der Waals surface area (Å²) in [5.74, 6) is 0. The highest BCUT2D eigenvalue weighted by atomic mass is 127. The van der Waals surface area contributed by atoms with Gasteiger partial charge in [-0.05, 0) is 66.0 Å². The molecule has 1 aromatic carbocycles. The van der Waals surface area contributed by atoms with Gasteiger partial charge in [0.15, 0.2) is 0 Å². The highest BCUT2D eigenvalue weighted by Gasteiger charge is 2.32. The van der Waals surface area contributed by atoms with Crippen molar-refractivity contribution in [1.29, 1.82) is 0 Å². The van der Waals surface area contributed by atoms with E-state index in [0.29, 0.717) is 0 Å². The van der Waals surface area contributed by atoms with E-state index in [2.05, 4.69) is 46.9 Å². The Morgan fingerprint density at radius 3 is 2.31 bits per heavy atom. The van der Waals surface area contributed by atoms with Gasteiger partial charge in [0, 0.05) is 9.11 Å². The first-order chi connectivity index (χ1) is 6.18. The van der Waals surface area contributed by atoms with Crippen LogP contribution in [0.1, 0.15) is 24.8 Å². The third kappa shape index (κ3) is 2.23. The molecule has 1 fully saturated rings. The van der Waals surface area contributed by atoms with Gasteiger partial charge in [0.1, 0.15) is 0 Å². The minimum Gasteiger partial charge on any atom is -0.325 e. The molecule has 0 aromatic heterocycles. The normalized spacial score (nSPS) is 19.5. The fraction of sp³-hybridized carbons (Fsp3) is 0.455. The third-order valence-electron chi connectivity index (χ3n) is 2.82. The van der Waals surface area contributed by atoms with E-state index >= 15 is 0 Å². The number of rotatable bonds is 2. The van der Waals surface area contributed by atoms with Crippen molar-refractivity contribution >= 4 is 22.6 Å². The zero-order chi connectivity index (χ0) is 9.31. The van der Waals surface area contributed by atoms with Gasteiger partial charge in [-0.15, -0.1) is 0 Å². The molecule has 1 aromatic rings. The first kappa shape index (κ1) is 9.46. The molecule has 1 nitrogen and oxygen atoms in total. The Morgan fingerprint density at radius 1 is 1.23 bits per heavy atom. The van der Waals surface area contributed by atoms with Gasteiger partial charge in [-0.3, -0.25) is 0 Å². The van der Waals surface area contributed by atoms with Crippen molar-refractivity contribution in [1.82, 2.24) is 0 Å². The zero-order valence-corrected chi connectivity index (χ0v) is 9.75. The van der Waals surface area contributed by atoms with Gasteiger partial charge in [0.05, 0.1) is 0 Å². The van der Waals surface area contributed by atoms with Crippen LogP contribution in [0.2, 0.25) is 0 Å². The highest BCUT2D eigenvalue weighted by molar-refractivity contribution is 14.1. The fourth-order valence-electron chi connectivity index (χ4n) is 1.82. The van der Waals surface area contributed by atoms with E-state index in [1.165, 1.54) is 28.4 Å². The van der Waals surface area contributed by atoms with Crippen molar-refractivity contribution in [3.63, 3.8) is 0 Å². The summed E-state index contributed by atoms with van der Waals surface area (Å²) in [4.78, 5) is 0. The number of benzene rings is 1. The van der Waals surface area contributed by atoms with Gasteiger partial charge in [-0.25, -0.2) is 0 Å². The maximum atomic E-state index is 6.17. The third-order valence-corrected chi connectivity index (χ3v) is 3.54. The molecule has 2 rings (SSSR count). The Hall–Kier alpha value is -0.0900. The summed E-state index contributed by atoms with van der Waals surface area (Å²) in [6.07, 6.45) is 4.74. The van der Waals surface area contributed by atoms with Crippen LogP contribution in [0.5, 0.6) is 0 Å². The number of hydrogen-bond donors (Lipinski definition) is 1. The van der Waals surface area contributed by atoms with E-state index in [9.17, 15) is 0 Å². The maximum absolute atomic E-state index is 6.17. The summed E-state index contributed by atoms with van der Waals surface area (Å²) in [5, 5.41) is 0. The van der Waals surface area contributed by atoms with Crippen molar-refractivity contribution < 1.29 is 0 Å². The molecule has 1 aliphatic rings. The lowest BCUT2D eigenvalue weighted by Crippen LogP contribution is -2.48. The summed E-state index contributed by atoms with van der Waals surface area (Å²) in [6.45, 7) is 0. The molecule has 0 bridgehead atoms. The fourth-order valence-corrected chi connectivity index (χ4v) is 2.18. The number of halogens is 1. The molecule has 2 N–H and O–H groups in total. The summed E-state index contributed by atoms with van der Waals surface area (Å²) >= 11 is 2.33. The second-order valence-corrected chi connectivity index (χ2v) is 5.26. The van der Waals surface area contributed by atoms with Crippen LogP contribution in [0.3, 0.4) is 0 Å². The van der Waals surface area contributed by atoms with Crippen molar-refractivity contribution in [3.8, 4) is 0 Å². The Morgan fingerprint density at radius 2 is 1.85 bits per heavy atom. The van der Waals surface area contributed by atoms with E-state index in [1.807, 2.05) is 0 Å². The van der Waals surface area contributed by atoms with Crippen LogP contribution in [-0.4, -0.2) is 5.54 Å². The highest BCUT2D eigenvalue weighted by Crippen LogP contribution is 2.32. The van der Waals surface area contributed by atoms with E-state index in [-0.39, 0.29) is 5.54 Å². The topological polar surface area (TPSA) is 26.0 Å². The molecular formula is C11H14IN. The molecule has 13 heavy (non-hydrogen) atoms. The van der Waals surface area contributed by atoms with E-state index < -0.39 is 0 Å². The number of hydrogen-bond acceptors (Lipinski definition) is 1.